The first-order valence-corrected chi connectivity index (χ1v) is 6.46. The van der Waals surface area contributed by atoms with Crippen LogP contribution in [0.1, 0.15) is 17.0 Å². The van der Waals surface area contributed by atoms with E-state index in [9.17, 15) is 0 Å². The number of hydrogen-bond acceptors (Lipinski definition) is 2. The zero-order valence-corrected chi connectivity index (χ0v) is 11.2. The molecule has 0 unspecified atom stereocenters. The van der Waals surface area contributed by atoms with E-state index >= 15 is 0 Å². The molecule has 0 atom stereocenters. The van der Waals surface area contributed by atoms with Crippen molar-refractivity contribution in [1.29, 1.82) is 0 Å². The largest absolute Gasteiger partial charge is 0.375 e. The number of aromatic nitrogens is 2. The van der Waals surface area contributed by atoms with Crippen molar-refractivity contribution in [2.45, 2.75) is 20.0 Å². The summed E-state index contributed by atoms with van der Waals surface area (Å²) in [5, 5.41) is 4.63. The summed E-state index contributed by atoms with van der Waals surface area (Å²) in [5.74, 6) is 0. The van der Waals surface area contributed by atoms with Gasteiger partial charge in [-0.25, -0.2) is 4.68 Å². The molecule has 17 heavy (non-hydrogen) atoms. The topological polar surface area (TPSA) is 27.1 Å². The van der Waals surface area contributed by atoms with Crippen LogP contribution in [-0.4, -0.2) is 16.4 Å². The van der Waals surface area contributed by atoms with Crippen LogP contribution in [0.3, 0.4) is 0 Å². The molecular weight excluding hydrogens is 280 g/mol. The van der Waals surface area contributed by atoms with Crippen LogP contribution in [0.5, 0.6) is 0 Å². The van der Waals surface area contributed by atoms with Gasteiger partial charge in [-0.05, 0) is 41.4 Å². The predicted octanol–water partition coefficient (Wildman–Crippen LogP) is 3.02. The number of fused-ring (bicyclic) bond motifs is 1. The highest BCUT2D eigenvalue weighted by Crippen LogP contribution is 2.27. The summed E-state index contributed by atoms with van der Waals surface area (Å²) >= 11 is 3.57. The van der Waals surface area contributed by atoms with E-state index in [1.165, 1.54) is 11.3 Å². The molecule has 0 bridgehead atoms. The number of halogens is 1. The second-order valence-electron chi connectivity index (χ2n) is 4.18. The maximum Gasteiger partial charge on any atom is 0.0892 e. The van der Waals surface area contributed by atoms with Gasteiger partial charge < -0.3 is 4.74 Å². The average Bonchev–Trinajstić information content (AvgIpc) is 2.68. The van der Waals surface area contributed by atoms with Gasteiger partial charge in [-0.2, -0.15) is 5.10 Å². The van der Waals surface area contributed by atoms with Crippen molar-refractivity contribution in [2.75, 3.05) is 6.61 Å². The number of para-hydroxylation sites is 1. The molecule has 88 valence electrons. The van der Waals surface area contributed by atoms with E-state index in [0.29, 0.717) is 6.61 Å². The van der Waals surface area contributed by atoms with Crippen LogP contribution < -0.4 is 0 Å². The van der Waals surface area contributed by atoms with E-state index in [1.54, 1.807) is 0 Å². The number of nitrogens with zero attached hydrogens (tertiary/aromatic N) is 2. The third kappa shape index (κ3) is 1.81. The van der Waals surface area contributed by atoms with Crippen molar-refractivity contribution in [3.8, 4) is 5.69 Å². The van der Waals surface area contributed by atoms with E-state index < -0.39 is 0 Å². The Bertz CT molecular complexity index is 563. The maximum absolute atomic E-state index is 5.54. The Labute approximate surface area is 109 Å². The second kappa shape index (κ2) is 4.27. The first-order chi connectivity index (χ1) is 8.27. The lowest BCUT2D eigenvalue weighted by molar-refractivity contribution is 0.106. The first kappa shape index (κ1) is 11.0. The summed E-state index contributed by atoms with van der Waals surface area (Å²) in [6.45, 7) is 3.52. The Morgan fingerprint density at radius 3 is 3.00 bits per heavy atom. The Morgan fingerprint density at radius 1 is 1.35 bits per heavy atom. The molecule has 2 aromatic rings. The third-order valence-electron chi connectivity index (χ3n) is 3.11. The fourth-order valence-corrected chi connectivity index (χ4v) is 2.70. The van der Waals surface area contributed by atoms with Gasteiger partial charge in [0.1, 0.15) is 0 Å². The second-order valence-corrected chi connectivity index (χ2v) is 5.03. The van der Waals surface area contributed by atoms with Crippen LogP contribution in [0.15, 0.2) is 28.7 Å². The zero-order valence-electron chi connectivity index (χ0n) is 9.61. The van der Waals surface area contributed by atoms with Crippen molar-refractivity contribution in [2.24, 2.45) is 0 Å². The quantitative estimate of drug-likeness (QED) is 0.808. The Kier molecular flexibility index (Phi) is 2.76. The summed E-state index contributed by atoms with van der Waals surface area (Å²) in [7, 11) is 0. The molecule has 0 spiro atoms. The third-order valence-corrected chi connectivity index (χ3v) is 3.78. The molecule has 4 heteroatoms. The number of hydrogen-bond donors (Lipinski definition) is 0. The van der Waals surface area contributed by atoms with Crippen molar-refractivity contribution in [1.82, 2.24) is 9.78 Å². The van der Waals surface area contributed by atoms with Crippen molar-refractivity contribution in [3.05, 3.63) is 45.7 Å². The van der Waals surface area contributed by atoms with E-state index in [2.05, 4.69) is 34.0 Å². The normalized spacial score (nSPS) is 14.7. The summed E-state index contributed by atoms with van der Waals surface area (Å²) in [4.78, 5) is 0. The van der Waals surface area contributed by atoms with Gasteiger partial charge in [-0.3, -0.25) is 0 Å². The minimum Gasteiger partial charge on any atom is -0.375 e. The standard InChI is InChI=1S/C13H13BrN2O/c1-9-10-6-7-17-8-13(10)16(15-9)12-5-3-2-4-11(12)14/h2-5H,6-8H2,1H3. The van der Waals surface area contributed by atoms with Gasteiger partial charge in [-0.15, -0.1) is 0 Å². The minimum absolute atomic E-state index is 0.650. The summed E-state index contributed by atoms with van der Waals surface area (Å²) < 4.78 is 8.58. The molecule has 0 N–H and O–H groups in total. The molecule has 0 radical (unpaired) electrons. The molecule has 1 aliphatic heterocycles. The number of benzene rings is 1. The van der Waals surface area contributed by atoms with Crippen LogP contribution in [0.25, 0.3) is 5.69 Å². The monoisotopic (exact) mass is 292 g/mol. The van der Waals surface area contributed by atoms with Crippen molar-refractivity contribution >= 4 is 15.9 Å². The van der Waals surface area contributed by atoms with Gasteiger partial charge in [-0.1, -0.05) is 12.1 Å². The van der Waals surface area contributed by atoms with Crippen LogP contribution in [0.4, 0.5) is 0 Å². The maximum atomic E-state index is 5.54. The van der Waals surface area contributed by atoms with Crippen molar-refractivity contribution in [3.63, 3.8) is 0 Å². The molecule has 0 fully saturated rings. The molecule has 0 saturated heterocycles. The fraction of sp³-hybridized carbons (Fsp3) is 0.308. The highest BCUT2D eigenvalue weighted by molar-refractivity contribution is 9.10. The van der Waals surface area contributed by atoms with Crippen LogP contribution in [0, 0.1) is 6.92 Å². The number of aryl methyl sites for hydroxylation is 1. The average molecular weight is 293 g/mol. The Hall–Kier alpha value is -1.13. The molecule has 3 rings (SSSR count). The van der Waals surface area contributed by atoms with E-state index in [4.69, 9.17) is 4.74 Å². The van der Waals surface area contributed by atoms with E-state index in [1.807, 2.05) is 22.9 Å². The lowest BCUT2D eigenvalue weighted by atomic mass is 10.1. The molecule has 3 nitrogen and oxygen atoms in total. The smallest absolute Gasteiger partial charge is 0.0892 e. The number of ether oxygens (including phenoxy) is 1. The van der Waals surface area contributed by atoms with Gasteiger partial charge in [0.25, 0.3) is 0 Å². The van der Waals surface area contributed by atoms with Gasteiger partial charge >= 0.3 is 0 Å². The van der Waals surface area contributed by atoms with Crippen LogP contribution in [-0.2, 0) is 17.8 Å². The Balaban J connectivity index is 2.19. The van der Waals surface area contributed by atoms with Crippen molar-refractivity contribution < 1.29 is 4.74 Å². The molecular formula is C13H13BrN2O. The van der Waals surface area contributed by atoms with E-state index in [-0.39, 0.29) is 0 Å². The summed E-state index contributed by atoms with van der Waals surface area (Å²) in [5.41, 5.74) is 4.70. The van der Waals surface area contributed by atoms with E-state index in [0.717, 1.165) is 28.9 Å². The summed E-state index contributed by atoms with van der Waals surface area (Å²) in [6, 6.07) is 8.12. The van der Waals surface area contributed by atoms with Crippen LogP contribution >= 0.6 is 15.9 Å². The van der Waals surface area contributed by atoms with Crippen LogP contribution in [0.2, 0.25) is 0 Å². The zero-order chi connectivity index (χ0) is 11.8. The lowest BCUT2D eigenvalue weighted by Gasteiger charge is -2.15. The first-order valence-electron chi connectivity index (χ1n) is 5.67. The van der Waals surface area contributed by atoms with Gasteiger partial charge in [0, 0.05) is 10.0 Å². The molecule has 1 aliphatic rings. The highest BCUT2D eigenvalue weighted by Gasteiger charge is 2.20. The SMILES string of the molecule is Cc1nn(-c2ccccc2Br)c2c1CCOC2. The fourth-order valence-electron chi connectivity index (χ4n) is 2.25. The predicted molar refractivity (Wildman–Crippen MR) is 69.4 cm³/mol. The highest BCUT2D eigenvalue weighted by atomic mass is 79.9. The summed E-state index contributed by atoms with van der Waals surface area (Å²) in [6.07, 6.45) is 0.964. The molecule has 1 aromatic heterocycles. The van der Waals surface area contributed by atoms with Gasteiger partial charge in [0.2, 0.25) is 0 Å². The lowest BCUT2D eigenvalue weighted by Crippen LogP contribution is -2.13. The molecule has 0 saturated carbocycles. The number of rotatable bonds is 1. The molecule has 2 heterocycles. The molecule has 0 aliphatic carbocycles. The Morgan fingerprint density at radius 2 is 2.18 bits per heavy atom. The van der Waals surface area contributed by atoms with Gasteiger partial charge in [0.15, 0.2) is 0 Å². The molecule has 0 amide bonds. The van der Waals surface area contributed by atoms with Gasteiger partial charge in [0.05, 0.1) is 30.3 Å². The minimum atomic E-state index is 0.650. The molecule has 1 aromatic carbocycles.